The number of rotatable bonds is 8. The summed E-state index contributed by atoms with van der Waals surface area (Å²) < 4.78 is 16.8. The normalized spacial score (nSPS) is 13.6. The highest BCUT2D eigenvalue weighted by atomic mass is 35.5. The molecule has 1 atom stereocenters. The van der Waals surface area contributed by atoms with Gasteiger partial charge in [0.2, 0.25) is 0 Å². The number of carbonyl (C=O) groups excluding carboxylic acids is 1. The van der Waals surface area contributed by atoms with Crippen LogP contribution in [0.3, 0.4) is 0 Å². The Bertz CT molecular complexity index is 785. The Hall–Kier alpha value is -2.44. The summed E-state index contributed by atoms with van der Waals surface area (Å²) in [7, 11) is 0. The van der Waals surface area contributed by atoms with Crippen LogP contribution in [0.2, 0.25) is 5.02 Å². The minimum Gasteiger partial charge on any atom is -0.486 e. The summed E-state index contributed by atoms with van der Waals surface area (Å²) in [6, 6.07) is 13.4. The second-order valence-electron chi connectivity index (χ2n) is 6.49. The van der Waals surface area contributed by atoms with E-state index >= 15 is 0 Å². The molecule has 0 saturated carbocycles. The van der Waals surface area contributed by atoms with Crippen molar-refractivity contribution in [2.45, 2.75) is 26.0 Å². The van der Waals surface area contributed by atoms with E-state index in [1.807, 2.05) is 43.3 Å². The number of hydrogen-bond acceptors (Lipinski definition) is 4. The minimum atomic E-state index is -0.234. The van der Waals surface area contributed by atoms with Crippen molar-refractivity contribution in [2.75, 3.05) is 26.4 Å². The van der Waals surface area contributed by atoms with Crippen LogP contribution in [0.4, 0.5) is 4.79 Å². The summed E-state index contributed by atoms with van der Waals surface area (Å²) in [6.07, 6.45) is 0.774. The average molecular weight is 405 g/mol. The first kappa shape index (κ1) is 20.3. The maximum Gasteiger partial charge on any atom is 0.315 e. The highest BCUT2D eigenvalue weighted by molar-refractivity contribution is 6.32. The molecule has 150 valence electrons. The second-order valence-corrected chi connectivity index (χ2v) is 6.90. The molecule has 0 spiro atoms. The van der Waals surface area contributed by atoms with Crippen molar-refractivity contribution in [1.82, 2.24) is 10.6 Å². The van der Waals surface area contributed by atoms with E-state index in [0.29, 0.717) is 49.4 Å². The van der Waals surface area contributed by atoms with Crippen molar-refractivity contribution in [3.8, 4) is 11.5 Å². The molecule has 2 amide bonds. The van der Waals surface area contributed by atoms with Gasteiger partial charge in [0.05, 0.1) is 11.1 Å². The third kappa shape index (κ3) is 5.78. The van der Waals surface area contributed by atoms with E-state index in [1.165, 1.54) is 0 Å². The van der Waals surface area contributed by atoms with Crippen LogP contribution in [-0.2, 0) is 11.3 Å². The number of ether oxygens (including phenoxy) is 3. The van der Waals surface area contributed by atoms with E-state index in [1.54, 1.807) is 6.07 Å². The number of nitrogens with one attached hydrogen (secondary N) is 2. The van der Waals surface area contributed by atoms with E-state index in [-0.39, 0.29) is 12.1 Å². The Morgan fingerprint density at radius 2 is 1.96 bits per heavy atom. The van der Waals surface area contributed by atoms with Gasteiger partial charge in [-0.3, -0.25) is 0 Å². The molecule has 0 aromatic heterocycles. The molecule has 2 aromatic carbocycles. The third-order valence-corrected chi connectivity index (χ3v) is 4.63. The standard InChI is InChI=1S/C21H25ClN2O4/c1-15(17-6-3-2-4-7-17)26-9-5-8-23-21(25)24-14-16-12-18(22)20-19(13-16)27-10-11-28-20/h2-4,6-7,12-13,15H,5,8-11,14H2,1H3,(H2,23,24,25). The molecule has 28 heavy (non-hydrogen) atoms. The van der Waals surface area contributed by atoms with Crippen LogP contribution in [0.15, 0.2) is 42.5 Å². The van der Waals surface area contributed by atoms with E-state index in [2.05, 4.69) is 10.6 Å². The summed E-state index contributed by atoms with van der Waals surface area (Å²) in [5, 5.41) is 6.12. The van der Waals surface area contributed by atoms with Gasteiger partial charge in [0.1, 0.15) is 13.2 Å². The number of carbonyl (C=O) groups is 1. The lowest BCUT2D eigenvalue weighted by Gasteiger charge is -2.20. The van der Waals surface area contributed by atoms with Crippen molar-refractivity contribution >= 4 is 17.6 Å². The first-order valence-corrected chi connectivity index (χ1v) is 9.77. The van der Waals surface area contributed by atoms with Crippen molar-refractivity contribution in [2.24, 2.45) is 0 Å². The molecular weight excluding hydrogens is 380 g/mol. The summed E-state index contributed by atoms with van der Waals surface area (Å²) in [5.74, 6) is 1.17. The van der Waals surface area contributed by atoms with Gasteiger partial charge in [-0.25, -0.2) is 4.79 Å². The van der Waals surface area contributed by atoms with Gasteiger partial charge in [-0.15, -0.1) is 0 Å². The fourth-order valence-corrected chi connectivity index (χ4v) is 3.15. The first-order chi connectivity index (χ1) is 13.6. The number of amides is 2. The smallest absolute Gasteiger partial charge is 0.315 e. The van der Waals surface area contributed by atoms with Crippen molar-refractivity contribution < 1.29 is 19.0 Å². The van der Waals surface area contributed by atoms with Crippen LogP contribution in [0, 0.1) is 0 Å². The lowest BCUT2D eigenvalue weighted by Crippen LogP contribution is -2.35. The molecule has 0 bridgehead atoms. The van der Waals surface area contributed by atoms with Gasteiger partial charge in [-0.05, 0) is 36.6 Å². The van der Waals surface area contributed by atoms with E-state index in [4.69, 9.17) is 25.8 Å². The number of halogens is 1. The van der Waals surface area contributed by atoms with Crippen molar-refractivity contribution in [1.29, 1.82) is 0 Å². The van der Waals surface area contributed by atoms with Crippen LogP contribution >= 0.6 is 11.6 Å². The summed E-state index contributed by atoms with van der Waals surface area (Å²) in [6.45, 7) is 4.47. The van der Waals surface area contributed by atoms with Crippen molar-refractivity contribution in [3.05, 3.63) is 58.6 Å². The maximum absolute atomic E-state index is 12.0. The molecular formula is C21H25ClN2O4. The topological polar surface area (TPSA) is 68.8 Å². The van der Waals surface area contributed by atoms with E-state index < -0.39 is 0 Å². The number of hydrogen-bond donors (Lipinski definition) is 2. The van der Waals surface area contributed by atoms with Gasteiger partial charge in [-0.1, -0.05) is 41.9 Å². The molecule has 1 aliphatic rings. The average Bonchev–Trinajstić information content (AvgIpc) is 2.72. The Balaban J connectivity index is 1.33. The van der Waals surface area contributed by atoms with E-state index in [9.17, 15) is 4.79 Å². The molecule has 0 aliphatic carbocycles. The van der Waals surface area contributed by atoms with Gasteiger partial charge in [-0.2, -0.15) is 0 Å². The monoisotopic (exact) mass is 404 g/mol. The predicted molar refractivity (Wildman–Crippen MR) is 108 cm³/mol. The third-order valence-electron chi connectivity index (χ3n) is 4.35. The van der Waals surface area contributed by atoms with Gasteiger partial charge in [0, 0.05) is 19.7 Å². The van der Waals surface area contributed by atoms with Crippen LogP contribution in [0.5, 0.6) is 11.5 Å². The molecule has 1 unspecified atom stereocenters. The van der Waals surface area contributed by atoms with Gasteiger partial charge in [0.15, 0.2) is 11.5 Å². The molecule has 0 radical (unpaired) electrons. The lowest BCUT2D eigenvalue weighted by molar-refractivity contribution is 0.0644. The highest BCUT2D eigenvalue weighted by Gasteiger charge is 2.16. The number of benzene rings is 2. The van der Waals surface area contributed by atoms with Crippen LogP contribution in [0.25, 0.3) is 0 Å². The summed E-state index contributed by atoms with van der Waals surface area (Å²) in [5.41, 5.74) is 2.00. The Kier molecular flexibility index (Phi) is 7.39. The molecule has 0 saturated heterocycles. The fraction of sp³-hybridized carbons (Fsp3) is 0.381. The van der Waals surface area contributed by atoms with Crippen molar-refractivity contribution in [3.63, 3.8) is 0 Å². The number of urea groups is 1. The van der Waals surface area contributed by atoms with Gasteiger partial charge in [0.25, 0.3) is 0 Å². The van der Waals surface area contributed by atoms with Crippen LogP contribution in [0.1, 0.15) is 30.6 Å². The Morgan fingerprint density at radius 3 is 2.79 bits per heavy atom. The SMILES string of the molecule is CC(OCCCNC(=O)NCc1cc(Cl)c2c(c1)OCCO2)c1ccccc1. The second kappa shape index (κ2) is 10.2. The van der Waals surface area contributed by atoms with Crippen LogP contribution in [-0.4, -0.2) is 32.4 Å². The molecule has 0 fully saturated rings. The first-order valence-electron chi connectivity index (χ1n) is 9.40. The zero-order valence-corrected chi connectivity index (χ0v) is 16.6. The highest BCUT2D eigenvalue weighted by Crippen LogP contribution is 2.38. The molecule has 3 rings (SSSR count). The summed E-state index contributed by atoms with van der Waals surface area (Å²) in [4.78, 5) is 12.0. The maximum atomic E-state index is 12.0. The van der Waals surface area contributed by atoms with Crippen LogP contribution < -0.4 is 20.1 Å². The summed E-state index contributed by atoms with van der Waals surface area (Å²) >= 11 is 6.20. The van der Waals surface area contributed by atoms with Gasteiger partial charge >= 0.3 is 6.03 Å². The van der Waals surface area contributed by atoms with E-state index in [0.717, 1.165) is 17.5 Å². The number of fused-ring (bicyclic) bond motifs is 1. The fourth-order valence-electron chi connectivity index (χ4n) is 2.87. The quantitative estimate of drug-likeness (QED) is 0.650. The molecule has 7 heteroatoms. The molecule has 2 aromatic rings. The largest absolute Gasteiger partial charge is 0.486 e. The minimum absolute atomic E-state index is 0.0370. The Labute approximate surface area is 170 Å². The zero-order chi connectivity index (χ0) is 19.8. The van der Waals surface area contributed by atoms with Gasteiger partial charge < -0.3 is 24.8 Å². The molecule has 6 nitrogen and oxygen atoms in total. The zero-order valence-electron chi connectivity index (χ0n) is 15.9. The predicted octanol–water partition coefficient (Wildman–Crippen LogP) is 4.08. The lowest BCUT2D eigenvalue weighted by atomic mass is 10.1. The molecule has 2 N–H and O–H groups in total. The Morgan fingerprint density at radius 1 is 1.18 bits per heavy atom. The molecule has 1 heterocycles. The molecule has 1 aliphatic heterocycles.